The number of nitrogens with zero attached hydrogens (tertiary/aromatic N) is 4. The number of likely N-dealkylation sites (N-methyl/N-ethyl adjacent to an activating group) is 1. The summed E-state index contributed by atoms with van der Waals surface area (Å²) in [4.78, 5) is 2.07. The number of rotatable bonds is 4. The van der Waals surface area contributed by atoms with Crippen molar-refractivity contribution in [3.8, 4) is 6.07 Å². The van der Waals surface area contributed by atoms with Gasteiger partial charge in [-0.05, 0) is 13.8 Å². The quantitative estimate of drug-likeness (QED) is 0.700. The molecule has 1 aromatic heterocycles. The van der Waals surface area contributed by atoms with Gasteiger partial charge in [0.15, 0.2) is 0 Å². The zero-order valence-electron chi connectivity index (χ0n) is 9.49. The maximum atomic E-state index is 9.07. The lowest BCUT2D eigenvalue weighted by molar-refractivity contribution is 0.723. The Morgan fingerprint density at radius 1 is 1.67 bits per heavy atom. The molecular weight excluding hydrogens is 188 g/mol. The van der Waals surface area contributed by atoms with Crippen molar-refractivity contribution < 1.29 is 0 Å². The molecule has 0 unspecified atom stereocenters. The number of anilines is 1. The molecule has 0 bridgehead atoms. The lowest BCUT2D eigenvalue weighted by atomic mass is 10.2. The van der Waals surface area contributed by atoms with Gasteiger partial charge in [-0.15, -0.1) is 6.58 Å². The summed E-state index contributed by atoms with van der Waals surface area (Å²) < 4.78 is 1.75. The van der Waals surface area contributed by atoms with Gasteiger partial charge in [-0.1, -0.05) is 6.08 Å². The first-order valence-corrected chi connectivity index (χ1v) is 4.95. The molecule has 0 aliphatic carbocycles. The van der Waals surface area contributed by atoms with Crippen LogP contribution in [0.5, 0.6) is 0 Å². The van der Waals surface area contributed by atoms with Gasteiger partial charge in [-0.3, -0.25) is 4.68 Å². The average molecular weight is 204 g/mol. The summed E-state index contributed by atoms with van der Waals surface area (Å²) >= 11 is 0. The molecule has 1 rings (SSSR count). The van der Waals surface area contributed by atoms with E-state index in [9.17, 15) is 0 Å². The van der Waals surface area contributed by atoms with Crippen LogP contribution in [-0.4, -0.2) is 22.9 Å². The molecule has 0 fully saturated rings. The molecule has 0 aliphatic rings. The van der Waals surface area contributed by atoms with Gasteiger partial charge < -0.3 is 4.90 Å². The third-order valence-electron chi connectivity index (χ3n) is 2.33. The van der Waals surface area contributed by atoms with Crippen LogP contribution in [0.2, 0.25) is 0 Å². The van der Waals surface area contributed by atoms with E-state index < -0.39 is 0 Å². The standard InChI is InChI=1S/C11H16N4/c1-5-7-15(6-2)11-10(8-12)9(3)13-14(11)4/h5H,1,6-7H2,2-4H3. The molecule has 15 heavy (non-hydrogen) atoms. The van der Waals surface area contributed by atoms with Crippen molar-refractivity contribution in [2.24, 2.45) is 7.05 Å². The second kappa shape index (κ2) is 4.65. The van der Waals surface area contributed by atoms with E-state index in [1.54, 1.807) is 4.68 Å². The molecule has 0 atom stereocenters. The molecule has 0 aliphatic heterocycles. The summed E-state index contributed by atoms with van der Waals surface area (Å²) in [6.45, 7) is 9.17. The van der Waals surface area contributed by atoms with Crippen molar-refractivity contribution in [1.29, 1.82) is 5.26 Å². The van der Waals surface area contributed by atoms with E-state index in [2.05, 4.69) is 22.6 Å². The fourth-order valence-corrected chi connectivity index (χ4v) is 1.66. The first-order chi connectivity index (χ1) is 7.15. The largest absolute Gasteiger partial charge is 0.352 e. The van der Waals surface area contributed by atoms with E-state index in [-0.39, 0.29) is 0 Å². The summed E-state index contributed by atoms with van der Waals surface area (Å²) in [5, 5.41) is 13.3. The van der Waals surface area contributed by atoms with E-state index >= 15 is 0 Å². The highest BCUT2D eigenvalue weighted by molar-refractivity contribution is 5.57. The van der Waals surface area contributed by atoms with Crippen molar-refractivity contribution >= 4 is 5.82 Å². The molecule has 4 nitrogen and oxygen atoms in total. The van der Waals surface area contributed by atoms with E-state index in [1.165, 1.54) is 0 Å². The van der Waals surface area contributed by atoms with Crippen molar-refractivity contribution in [2.75, 3.05) is 18.0 Å². The van der Waals surface area contributed by atoms with E-state index in [4.69, 9.17) is 5.26 Å². The first-order valence-electron chi connectivity index (χ1n) is 4.95. The fourth-order valence-electron chi connectivity index (χ4n) is 1.66. The Morgan fingerprint density at radius 3 is 2.80 bits per heavy atom. The zero-order valence-corrected chi connectivity index (χ0v) is 9.49. The fraction of sp³-hybridized carbons (Fsp3) is 0.455. The van der Waals surface area contributed by atoms with Crippen LogP contribution in [0.1, 0.15) is 18.2 Å². The van der Waals surface area contributed by atoms with Crippen LogP contribution in [0, 0.1) is 18.3 Å². The molecular formula is C11H16N4. The average Bonchev–Trinajstić information content (AvgIpc) is 2.49. The minimum atomic E-state index is 0.654. The van der Waals surface area contributed by atoms with Gasteiger partial charge in [0, 0.05) is 20.1 Å². The highest BCUT2D eigenvalue weighted by Crippen LogP contribution is 2.21. The monoisotopic (exact) mass is 204 g/mol. The molecule has 4 heteroatoms. The van der Waals surface area contributed by atoms with Crippen molar-refractivity contribution in [3.63, 3.8) is 0 Å². The lowest BCUT2D eigenvalue weighted by Gasteiger charge is -2.21. The Bertz CT molecular complexity index is 397. The predicted molar refractivity (Wildman–Crippen MR) is 60.7 cm³/mol. The molecule has 0 N–H and O–H groups in total. The highest BCUT2D eigenvalue weighted by atomic mass is 15.4. The molecule has 0 saturated carbocycles. The SMILES string of the molecule is C=CCN(CC)c1c(C#N)c(C)nn1C. The Kier molecular flexibility index (Phi) is 3.51. The first kappa shape index (κ1) is 11.3. The Hall–Kier alpha value is -1.76. The van der Waals surface area contributed by atoms with E-state index in [0.29, 0.717) is 5.56 Å². The second-order valence-electron chi connectivity index (χ2n) is 3.35. The molecule has 0 aromatic carbocycles. The van der Waals surface area contributed by atoms with Crippen LogP contribution in [0.4, 0.5) is 5.82 Å². The summed E-state index contributed by atoms with van der Waals surface area (Å²) in [7, 11) is 1.86. The normalized spacial score (nSPS) is 9.73. The summed E-state index contributed by atoms with van der Waals surface area (Å²) in [5.74, 6) is 0.873. The van der Waals surface area contributed by atoms with Gasteiger partial charge in [-0.2, -0.15) is 10.4 Å². The van der Waals surface area contributed by atoms with Crippen molar-refractivity contribution in [1.82, 2.24) is 9.78 Å². The Morgan fingerprint density at radius 2 is 2.33 bits per heavy atom. The maximum absolute atomic E-state index is 9.07. The van der Waals surface area contributed by atoms with Crippen LogP contribution in [0.3, 0.4) is 0 Å². The Labute approximate surface area is 90.4 Å². The predicted octanol–water partition coefficient (Wildman–Crippen LogP) is 1.61. The van der Waals surface area contributed by atoms with Crippen LogP contribution in [0.25, 0.3) is 0 Å². The summed E-state index contributed by atoms with van der Waals surface area (Å²) in [6.07, 6.45) is 1.83. The van der Waals surface area contributed by atoms with Crippen LogP contribution in [0.15, 0.2) is 12.7 Å². The smallest absolute Gasteiger partial charge is 0.145 e. The summed E-state index contributed by atoms with van der Waals surface area (Å²) in [5.41, 5.74) is 1.43. The number of nitriles is 1. The van der Waals surface area contributed by atoms with Crippen LogP contribution in [-0.2, 0) is 7.05 Å². The van der Waals surface area contributed by atoms with Crippen LogP contribution >= 0.6 is 0 Å². The minimum Gasteiger partial charge on any atom is -0.352 e. The molecule has 0 radical (unpaired) electrons. The zero-order chi connectivity index (χ0) is 11.4. The van der Waals surface area contributed by atoms with Gasteiger partial charge in [0.2, 0.25) is 0 Å². The molecule has 0 amide bonds. The lowest BCUT2D eigenvalue weighted by Crippen LogP contribution is -2.25. The Balaban J connectivity index is 3.22. The summed E-state index contributed by atoms with van der Waals surface area (Å²) in [6, 6.07) is 2.20. The topological polar surface area (TPSA) is 44.9 Å². The van der Waals surface area contributed by atoms with E-state index in [1.807, 2.05) is 27.0 Å². The van der Waals surface area contributed by atoms with Crippen molar-refractivity contribution in [3.05, 3.63) is 23.9 Å². The molecule has 1 aromatic rings. The van der Waals surface area contributed by atoms with Crippen molar-refractivity contribution in [2.45, 2.75) is 13.8 Å². The third-order valence-corrected chi connectivity index (χ3v) is 2.33. The molecule has 80 valence electrons. The van der Waals surface area contributed by atoms with Gasteiger partial charge in [-0.25, -0.2) is 0 Å². The number of aromatic nitrogens is 2. The van der Waals surface area contributed by atoms with Gasteiger partial charge in [0.05, 0.1) is 5.69 Å². The maximum Gasteiger partial charge on any atom is 0.145 e. The molecule has 0 saturated heterocycles. The third kappa shape index (κ3) is 2.01. The number of aryl methyl sites for hydroxylation is 2. The minimum absolute atomic E-state index is 0.654. The molecule has 1 heterocycles. The van der Waals surface area contributed by atoms with E-state index in [0.717, 1.165) is 24.6 Å². The van der Waals surface area contributed by atoms with Gasteiger partial charge in [0.1, 0.15) is 17.5 Å². The second-order valence-corrected chi connectivity index (χ2v) is 3.35. The van der Waals surface area contributed by atoms with Crippen LogP contribution < -0.4 is 4.90 Å². The highest BCUT2D eigenvalue weighted by Gasteiger charge is 2.17. The number of hydrogen-bond acceptors (Lipinski definition) is 3. The van der Waals surface area contributed by atoms with Gasteiger partial charge in [0.25, 0.3) is 0 Å². The molecule has 0 spiro atoms. The number of hydrogen-bond donors (Lipinski definition) is 0. The van der Waals surface area contributed by atoms with Gasteiger partial charge >= 0.3 is 0 Å².